The van der Waals surface area contributed by atoms with E-state index >= 15 is 0 Å². The molecule has 2 unspecified atom stereocenters. The summed E-state index contributed by atoms with van der Waals surface area (Å²) in [5, 5.41) is 2.02. The first-order chi connectivity index (χ1) is 12.7. The van der Waals surface area contributed by atoms with Crippen molar-refractivity contribution >= 4 is 23.3 Å². The molecule has 1 saturated carbocycles. The van der Waals surface area contributed by atoms with Crippen LogP contribution in [0.25, 0.3) is 6.08 Å². The fraction of sp³-hybridized carbons (Fsp3) is 0.286. The molecule has 1 amide bonds. The molecule has 4 nitrogen and oxygen atoms in total. The van der Waals surface area contributed by atoms with E-state index in [0.29, 0.717) is 24.9 Å². The summed E-state index contributed by atoms with van der Waals surface area (Å²) in [7, 11) is 0. The third kappa shape index (κ3) is 3.99. The van der Waals surface area contributed by atoms with Gasteiger partial charge in [0.05, 0.1) is 19.4 Å². The Kier molecular flexibility index (Phi) is 4.80. The van der Waals surface area contributed by atoms with Crippen LogP contribution in [0.1, 0.15) is 41.4 Å². The van der Waals surface area contributed by atoms with Crippen molar-refractivity contribution in [2.45, 2.75) is 32.4 Å². The van der Waals surface area contributed by atoms with Gasteiger partial charge < -0.3 is 13.7 Å². The second kappa shape index (κ2) is 7.38. The number of rotatable bonds is 7. The molecule has 0 aliphatic heterocycles. The maximum Gasteiger partial charge on any atom is 0.247 e. The fourth-order valence-corrected chi connectivity index (χ4v) is 3.75. The summed E-state index contributed by atoms with van der Waals surface area (Å²) in [6, 6.07) is 11.7. The minimum absolute atomic E-state index is 0.0625. The smallest absolute Gasteiger partial charge is 0.247 e. The van der Waals surface area contributed by atoms with Crippen LogP contribution in [-0.2, 0) is 17.9 Å². The van der Waals surface area contributed by atoms with Crippen molar-refractivity contribution in [1.82, 2.24) is 4.90 Å². The number of amides is 1. The Bertz CT molecular complexity index is 840. The van der Waals surface area contributed by atoms with Crippen LogP contribution in [0.4, 0.5) is 0 Å². The van der Waals surface area contributed by atoms with Gasteiger partial charge in [-0.15, -0.1) is 11.3 Å². The van der Waals surface area contributed by atoms with Crippen LogP contribution < -0.4 is 0 Å². The molecule has 1 aliphatic carbocycles. The van der Waals surface area contributed by atoms with Gasteiger partial charge in [-0.1, -0.05) is 13.0 Å². The van der Waals surface area contributed by atoms with Crippen LogP contribution in [-0.4, -0.2) is 10.8 Å². The van der Waals surface area contributed by atoms with Gasteiger partial charge in [0.1, 0.15) is 17.3 Å². The van der Waals surface area contributed by atoms with Gasteiger partial charge in [0.25, 0.3) is 0 Å². The van der Waals surface area contributed by atoms with Gasteiger partial charge in [0.2, 0.25) is 5.91 Å². The summed E-state index contributed by atoms with van der Waals surface area (Å²) in [4.78, 5) is 15.6. The molecule has 0 radical (unpaired) electrons. The maximum atomic E-state index is 12.7. The van der Waals surface area contributed by atoms with E-state index in [1.165, 1.54) is 6.42 Å². The summed E-state index contributed by atoms with van der Waals surface area (Å²) >= 11 is 1.64. The highest BCUT2D eigenvalue weighted by molar-refractivity contribution is 7.09. The van der Waals surface area contributed by atoms with Crippen molar-refractivity contribution in [2.24, 2.45) is 5.92 Å². The third-order valence-corrected chi connectivity index (χ3v) is 5.54. The molecule has 1 fully saturated rings. The highest BCUT2D eigenvalue weighted by atomic mass is 32.1. The second-order valence-corrected chi connectivity index (χ2v) is 7.78. The molecule has 0 aromatic carbocycles. The van der Waals surface area contributed by atoms with Crippen molar-refractivity contribution < 1.29 is 13.6 Å². The first-order valence-electron chi connectivity index (χ1n) is 8.80. The molecule has 26 heavy (non-hydrogen) atoms. The van der Waals surface area contributed by atoms with Crippen molar-refractivity contribution in [1.29, 1.82) is 0 Å². The Morgan fingerprint density at radius 1 is 1.27 bits per heavy atom. The third-order valence-electron chi connectivity index (χ3n) is 4.68. The van der Waals surface area contributed by atoms with Gasteiger partial charge in [-0.2, -0.15) is 0 Å². The molecular weight excluding hydrogens is 346 g/mol. The lowest BCUT2D eigenvalue weighted by Crippen LogP contribution is -2.27. The van der Waals surface area contributed by atoms with Gasteiger partial charge in [0, 0.05) is 16.9 Å². The van der Waals surface area contributed by atoms with Gasteiger partial charge in [-0.25, -0.2) is 0 Å². The van der Waals surface area contributed by atoms with Crippen molar-refractivity contribution in [2.75, 3.05) is 0 Å². The largest absolute Gasteiger partial charge is 0.467 e. The molecule has 3 aromatic heterocycles. The van der Waals surface area contributed by atoms with E-state index in [9.17, 15) is 4.79 Å². The van der Waals surface area contributed by atoms with E-state index in [1.807, 2.05) is 41.8 Å². The van der Waals surface area contributed by atoms with E-state index < -0.39 is 0 Å². The quantitative estimate of drug-likeness (QED) is 0.532. The number of furan rings is 2. The molecule has 0 N–H and O–H groups in total. The minimum atomic E-state index is -0.0625. The lowest BCUT2D eigenvalue weighted by Gasteiger charge is -2.19. The van der Waals surface area contributed by atoms with Crippen LogP contribution in [0, 0.1) is 5.92 Å². The van der Waals surface area contributed by atoms with E-state index in [-0.39, 0.29) is 5.91 Å². The summed E-state index contributed by atoms with van der Waals surface area (Å²) in [6.07, 6.45) is 6.15. The molecule has 1 aliphatic rings. The second-order valence-electron chi connectivity index (χ2n) is 6.75. The van der Waals surface area contributed by atoms with E-state index in [0.717, 1.165) is 22.2 Å². The predicted molar refractivity (Wildman–Crippen MR) is 102 cm³/mol. The molecular formula is C21H21NO3S. The molecule has 134 valence electrons. The molecule has 0 spiro atoms. The van der Waals surface area contributed by atoms with Crippen LogP contribution in [0.5, 0.6) is 0 Å². The highest BCUT2D eigenvalue weighted by Crippen LogP contribution is 2.47. The van der Waals surface area contributed by atoms with Crippen molar-refractivity contribution in [3.63, 3.8) is 0 Å². The van der Waals surface area contributed by atoms with E-state index in [4.69, 9.17) is 8.83 Å². The monoisotopic (exact) mass is 367 g/mol. The Labute approximate surface area is 156 Å². The number of hydrogen-bond acceptors (Lipinski definition) is 4. The fourth-order valence-electron chi connectivity index (χ4n) is 3.03. The molecule has 0 bridgehead atoms. The summed E-state index contributed by atoms with van der Waals surface area (Å²) < 4.78 is 11.3. The number of carbonyl (C=O) groups excluding carboxylic acids is 1. The minimum Gasteiger partial charge on any atom is -0.467 e. The number of carbonyl (C=O) groups is 1. The standard InChI is InChI=1S/C21H21NO3S/c1-15-12-19(15)20-8-6-16(25-20)7-9-21(23)22(13-17-4-2-10-24-17)14-18-5-3-11-26-18/h2-11,15,19H,12-14H2,1H3/b9-7-. The van der Waals surface area contributed by atoms with Crippen LogP contribution >= 0.6 is 11.3 Å². The average molecular weight is 367 g/mol. The highest BCUT2D eigenvalue weighted by Gasteiger charge is 2.36. The van der Waals surface area contributed by atoms with Gasteiger partial charge in [-0.3, -0.25) is 4.79 Å². The zero-order valence-corrected chi connectivity index (χ0v) is 15.4. The zero-order valence-electron chi connectivity index (χ0n) is 14.6. The average Bonchev–Trinajstić information content (AvgIpc) is 3.15. The molecule has 0 saturated heterocycles. The molecule has 2 atom stereocenters. The van der Waals surface area contributed by atoms with Gasteiger partial charge in [-0.05, 0) is 54.1 Å². The lowest BCUT2D eigenvalue weighted by atomic mass is 10.3. The van der Waals surface area contributed by atoms with Crippen LogP contribution in [0.2, 0.25) is 0 Å². The van der Waals surface area contributed by atoms with Gasteiger partial charge >= 0.3 is 0 Å². The van der Waals surface area contributed by atoms with Crippen LogP contribution in [0.15, 0.2) is 63.0 Å². The summed E-state index contributed by atoms with van der Waals surface area (Å²) in [5.41, 5.74) is 0. The van der Waals surface area contributed by atoms with Crippen LogP contribution in [0.3, 0.4) is 0 Å². The summed E-state index contributed by atoms with van der Waals surface area (Å²) in [6.45, 7) is 3.23. The molecule has 5 heteroatoms. The number of thiophene rings is 1. The Hall–Kier alpha value is -2.53. The lowest BCUT2D eigenvalue weighted by molar-refractivity contribution is -0.127. The Balaban J connectivity index is 1.45. The maximum absolute atomic E-state index is 12.7. The van der Waals surface area contributed by atoms with E-state index in [1.54, 1.807) is 34.7 Å². The van der Waals surface area contributed by atoms with E-state index in [2.05, 4.69) is 6.92 Å². The number of hydrogen-bond donors (Lipinski definition) is 0. The molecule has 3 heterocycles. The predicted octanol–water partition coefficient (Wildman–Crippen LogP) is 5.30. The zero-order chi connectivity index (χ0) is 17.9. The summed E-state index contributed by atoms with van der Waals surface area (Å²) in [5.74, 6) is 3.70. The SMILES string of the molecule is CC1CC1c1ccc(/C=C\C(=O)N(Cc2ccco2)Cc2cccs2)o1. The van der Waals surface area contributed by atoms with Crippen molar-refractivity contribution in [3.05, 3.63) is 76.3 Å². The molecule has 3 aromatic rings. The normalized spacial score (nSPS) is 19.1. The Morgan fingerprint density at radius 3 is 2.85 bits per heavy atom. The van der Waals surface area contributed by atoms with Gasteiger partial charge in [0.15, 0.2) is 0 Å². The first-order valence-corrected chi connectivity index (χ1v) is 9.68. The topological polar surface area (TPSA) is 46.6 Å². The molecule has 4 rings (SSSR count). The first kappa shape index (κ1) is 16.9. The number of nitrogens with zero attached hydrogens (tertiary/aromatic N) is 1. The Morgan fingerprint density at radius 2 is 2.15 bits per heavy atom. The van der Waals surface area contributed by atoms with Crippen molar-refractivity contribution in [3.8, 4) is 0 Å².